The number of rotatable bonds is 13. The van der Waals surface area contributed by atoms with Gasteiger partial charge < -0.3 is 40.2 Å². The van der Waals surface area contributed by atoms with Crippen LogP contribution in [0.3, 0.4) is 0 Å². The van der Waals surface area contributed by atoms with Crippen LogP contribution in [0.5, 0.6) is 11.5 Å². The van der Waals surface area contributed by atoms with E-state index in [9.17, 15) is 24.3 Å². The van der Waals surface area contributed by atoms with Gasteiger partial charge in [-0.05, 0) is 63.5 Å². The molecule has 3 amide bonds. The van der Waals surface area contributed by atoms with Crippen LogP contribution in [0.1, 0.15) is 79.6 Å². The first-order valence-electron chi connectivity index (χ1n) is 18.9. The Labute approximate surface area is 325 Å². The van der Waals surface area contributed by atoms with E-state index in [1.165, 1.54) is 22.3 Å². The molecule has 6 rings (SSSR count). The smallest absolute Gasteiger partial charge is 0.408 e. The summed E-state index contributed by atoms with van der Waals surface area (Å²) in [5.74, 6) is -1.69. The Morgan fingerprint density at radius 2 is 1.82 bits per heavy atom. The van der Waals surface area contributed by atoms with E-state index < -0.39 is 58.9 Å². The van der Waals surface area contributed by atoms with Crippen molar-refractivity contribution in [1.82, 2.24) is 25.5 Å². The number of anilines is 1. The fraction of sp³-hybridized carbons (Fsp3) is 0.550. The number of carboxylic acids is 1. The molecule has 2 aliphatic carbocycles. The van der Waals surface area contributed by atoms with Crippen LogP contribution >= 0.6 is 11.3 Å². The second-order valence-corrected chi connectivity index (χ2v) is 17.0. The molecule has 2 aromatic heterocycles. The van der Waals surface area contributed by atoms with Crippen molar-refractivity contribution in [3.05, 3.63) is 42.3 Å². The van der Waals surface area contributed by atoms with Gasteiger partial charge in [0.2, 0.25) is 11.8 Å². The van der Waals surface area contributed by atoms with Crippen LogP contribution in [-0.2, 0) is 19.1 Å². The van der Waals surface area contributed by atoms with Gasteiger partial charge in [-0.2, -0.15) is 0 Å². The first-order valence-corrected chi connectivity index (χ1v) is 19.8. The van der Waals surface area contributed by atoms with Crippen molar-refractivity contribution < 1.29 is 38.5 Å². The van der Waals surface area contributed by atoms with E-state index in [-0.39, 0.29) is 31.5 Å². The minimum atomic E-state index is -1.51. The second kappa shape index (κ2) is 16.0. The number of nitrogens with one attached hydrogen (secondary N) is 3. The summed E-state index contributed by atoms with van der Waals surface area (Å²) < 4.78 is 17.9. The van der Waals surface area contributed by atoms with E-state index in [0.717, 1.165) is 37.2 Å². The van der Waals surface area contributed by atoms with Crippen LogP contribution in [0.25, 0.3) is 22.3 Å². The lowest BCUT2D eigenvalue weighted by Crippen LogP contribution is -2.59. The van der Waals surface area contributed by atoms with E-state index in [4.69, 9.17) is 24.2 Å². The number of carbonyl (C=O) groups is 4. The zero-order valence-corrected chi connectivity index (χ0v) is 33.2. The number of aromatic nitrogens is 2. The maximum atomic E-state index is 14.6. The molecule has 5 atom stereocenters. The van der Waals surface area contributed by atoms with E-state index in [0.29, 0.717) is 33.8 Å². The monoisotopic (exact) mass is 776 g/mol. The zero-order valence-electron chi connectivity index (χ0n) is 32.3. The highest BCUT2D eigenvalue weighted by molar-refractivity contribution is 7.14. The van der Waals surface area contributed by atoms with E-state index in [2.05, 4.69) is 22.5 Å². The Hall–Kier alpha value is -4.92. The van der Waals surface area contributed by atoms with Gasteiger partial charge in [0, 0.05) is 41.3 Å². The van der Waals surface area contributed by atoms with Crippen molar-refractivity contribution in [3.8, 4) is 22.9 Å². The van der Waals surface area contributed by atoms with Gasteiger partial charge in [0.15, 0.2) is 5.13 Å². The highest BCUT2D eigenvalue weighted by Gasteiger charge is 2.61. The quantitative estimate of drug-likeness (QED) is 0.146. The molecular formula is C40H52N6O8S. The molecule has 0 bridgehead atoms. The number of carboxylic acid groups (broad SMARTS) is 1. The average molecular weight is 777 g/mol. The third-order valence-electron chi connectivity index (χ3n) is 10.5. The number of carbonyl (C=O) groups excluding carboxylic acids is 3. The highest BCUT2D eigenvalue weighted by atomic mass is 32.1. The van der Waals surface area contributed by atoms with Crippen molar-refractivity contribution in [2.45, 2.75) is 115 Å². The fourth-order valence-electron chi connectivity index (χ4n) is 7.41. The van der Waals surface area contributed by atoms with Crippen LogP contribution in [0, 0.1) is 11.3 Å². The maximum absolute atomic E-state index is 14.6. The summed E-state index contributed by atoms with van der Waals surface area (Å²) in [5.41, 5.74) is -0.488. The van der Waals surface area contributed by atoms with E-state index >= 15 is 0 Å². The number of ether oxygens (including phenoxy) is 3. The number of aliphatic carboxylic acids is 1. The van der Waals surface area contributed by atoms with Gasteiger partial charge in [-0.3, -0.25) is 9.59 Å². The van der Waals surface area contributed by atoms with Gasteiger partial charge in [-0.15, -0.1) is 17.9 Å². The standard InChI is InChI=1S/C40H52N6O8S/c1-8-23-19-40(23,36(49)50)45-34(47)31-17-26(20-46(31)35(48)33(39(4,5)6)44-38(51)54-24-12-10-9-11-13-24)53-32-18-29(30-21-55-37(43-30)41-22(2)3)42-28-16-25(52-7)14-15-27(28)32/h8,14-16,18,21-24,26,31,33H,1,9-13,17,19-20H2,2-7H3,(H,41,43)(H,44,51)(H,45,47)(H,49,50)/t23-,26-,31+,33?,40-/m1/s1. The summed E-state index contributed by atoms with van der Waals surface area (Å²) in [7, 11) is 1.57. The molecular weight excluding hydrogens is 725 g/mol. The molecule has 0 radical (unpaired) electrons. The zero-order chi connectivity index (χ0) is 39.7. The third kappa shape index (κ3) is 8.82. The van der Waals surface area contributed by atoms with Crippen LogP contribution in [-0.4, -0.2) is 93.4 Å². The van der Waals surface area contributed by atoms with Gasteiger partial charge in [-0.1, -0.05) is 33.3 Å². The lowest BCUT2D eigenvalue weighted by atomic mass is 9.85. The Balaban J connectivity index is 1.32. The number of methoxy groups -OCH3 is 1. The molecule has 1 aromatic carbocycles. The van der Waals surface area contributed by atoms with Gasteiger partial charge in [0.05, 0.1) is 24.9 Å². The number of pyridine rings is 1. The first kappa shape index (κ1) is 39.8. The molecule has 3 fully saturated rings. The summed E-state index contributed by atoms with van der Waals surface area (Å²) in [6.45, 7) is 13.3. The van der Waals surface area contributed by atoms with Gasteiger partial charge in [0.25, 0.3) is 0 Å². The van der Waals surface area contributed by atoms with Gasteiger partial charge in [-0.25, -0.2) is 19.6 Å². The number of hydrogen-bond acceptors (Lipinski definition) is 11. The van der Waals surface area contributed by atoms with Gasteiger partial charge >= 0.3 is 12.1 Å². The van der Waals surface area contributed by atoms with Crippen LogP contribution < -0.4 is 25.4 Å². The van der Waals surface area contributed by atoms with Crippen molar-refractivity contribution in [3.63, 3.8) is 0 Å². The molecule has 0 spiro atoms. The minimum Gasteiger partial charge on any atom is -0.497 e. The van der Waals surface area contributed by atoms with Gasteiger partial charge in [0.1, 0.15) is 47.0 Å². The molecule has 14 nitrogen and oxygen atoms in total. The summed E-state index contributed by atoms with van der Waals surface area (Å²) in [6.07, 6.45) is 4.72. The third-order valence-corrected chi connectivity index (χ3v) is 11.3. The predicted molar refractivity (Wildman–Crippen MR) is 209 cm³/mol. The molecule has 1 aliphatic heterocycles. The van der Waals surface area contributed by atoms with Crippen LogP contribution in [0.15, 0.2) is 42.3 Å². The predicted octanol–water partition coefficient (Wildman–Crippen LogP) is 6.15. The molecule has 3 heterocycles. The molecule has 3 aromatic rings. The molecule has 2 saturated carbocycles. The van der Waals surface area contributed by atoms with Crippen LogP contribution in [0.4, 0.5) is 9.93 Å². The number of nitrogens with zero attached hydrogens (tertiary/aromatic N) is 3. The summed E-state index contributed by atoms with van der Waals surface area (Å²) in [6, 6.07) is 5.26. The van der Waals surface area contributed by atoms with Crippen molar-refractivity contribution >= 4 is 51.2 Å². The number of benzene rings is 1. The number of thiazole rings is 1. The van der Waals surface area contributed by atoms with Crippen molar-refractivity contribution in [2.75, 3.05) is 19.0 Å². The molecule has 1 saturated heterocycles. The largest absolute Gasteiger partial charge is 0.497 e. The molecule has 1 unspecified atom stereocenters. The molecule has 15 heteroatoms. The normalized spacial score (nSPS) is 23.2. The summed E-state index contributed by atoms with van der Waals surface area (Å²) in [4.78, 5) is 65.3. The lowest BCUT2D eigenvalue weighted by Gasteiger charge is -2.35. The van der Waals surface area contributed by atoms with E-state index in [1.54, 1.807) is 25.3 Å². The first-order chi connectivity index (χ1) is 26.1. The Morgan fingerprint density at radius 1 is 1.07 bits per heavy atom. The van der Waals surface area contributed by atoms with E-state index in [1.807, 2.05) is 46.1 Å². The molecule has 55 heavy (non-hydrogen) atoms. The number of likely N-dealkylation sites (tertiary alicyclic amines) is 1. The number of hydrogen-bond donors (Lipinski definition) is 4. The van der Waals surface area contributed by atoms with Crippen molar-refractivity contribution in [2.24, 2.45) is 11.3 Å². The fourth-order valence-corrected chi connectivity index (χ4v) is 8.26. The topological polar surface area (TPSA) is 181 Å². The summed E-state index contributed by atoms with van der Waals surface area (Å²) in [5, 5.41) is 22.3. The van der Waals surface area contributed by atoms with Crippen LogP contribution in [0.2, 0.25) is 0 Å². The minimum absolute atomic E-state index is 0.0116. The lowest BCUT2D eigenvalue weighted by molar-refractivity contribution is -0.146. The number of alkyl carbamates (subject to hydrolysis) is 1. The SMILES string of the molecule is C=C[C@@H]1C[C@]1(NC(=O)[C@@H]1C[C@@H](Oc2cc(-c3csc(NC(C)C)n3)nc3cc(OC)ccc23)CN1C(=O)C(NC(=O)OC1CCCCC1)C(C)(C)C)C(=O)O. The maximum Gasteiger partial charge on any atom is 0.408 e. The molecule has 3 aliphatic rings. The molecule has 4 N–H and O–H groups in total. The number of amides is 3. The van der Waals surface area contributed by atoms with Crippen molar-refractivity contribution in [1.29, 1.82) is 0 Å². The highest BCUT2D eigenvalue weighted by Crippen LogP contribution is 2.45. The second-order valence-electron chi connectivity index (χ2n) is 16.1. The number of fused-ring (bicyclic) bond motifs is 1. The average Bonchev–Trinajstić information content (AvgIpc) is 3.41. The molecule has 296 valence electrons. The summed E-state index contributed by atoms with van der Waals surface area (Å²) >= 11 is 1.46. The Bertz CT molecular complexity index is 1940. The Morgan fingerprint density at radius 3 is 2.45 bits per heavy atom. The Kier molecular flexibility index (Phi) is 11.6.